The van der Waals surface area contributed by atoms with E-state index >= 15 is 0 Å². The second-order valence-electron chi connectivity index (χ2n) is 3.68. The van der Waals surface area contributed by atoms with Crippen molar-refractivity contribution in [2.75, 3.05) is 4.72 Å². The molecule has 11 heteroatoms. The molecule has 0 saturated carbocycles. The molecule has 110 valence electrons. The Morgan fingerprint density at radius 3 is 2.60 bits per heavy atom. The minimum absolute atomic E-state index is 0.0483. The first-order valence-electron chi connectivity index (χ1n) is 5.04. The van der Waals surface area contributed by atoms with Crippen molar-refractivity contribution in [3.63, 3.8) is 0 Å². The Bertz CT molecular complexity index is 708. The van der Waals surface area contributed by atoms with E-state index in [9.17, 15) is 21.6 Å². The van der Waals surface area contributed by atoms with Crippen molar-refractivity contribution in [1.82, 2.24) is 9.78 Å². The van der Waals surface area contributed by atoms with E-state index in [-0.39, 0.29) is 14.4 Å². The number of hydrogen-bond acceptors (Lipinski definition) is 4. The maximum atomic E-state index is 12.1. The summed E-state index contributed by atoms with van der Waals surface area (Å²) in [5.74, 6) is -0.196. The summed E-state index contributed by atoms with van der Waals surface area (Å²) in [5.41, 5.74) is 0. The van der Waals surface area contributed by atoms with E-state index < -0.39 is 22.7 Å². The van der Waals surface area contributed by atoms with Gasteiger partial charge in [-0.1, -0.05) is 11.6 Å². The summed E-state index contributed by atoms with van der Waals surface area (Å²) in [6, 6.07) is 3.84. The second-order valence-corrected chi connectivity index (χ2v) is 7.30. The largest absolute Gasteiger partial charge is 0.408 e. The first-order valence-corrected chi connectivity index (χ1v) is 7.72. The zero-order valence-corrected chi connectivity index (χ0v) is 11.9. The average molecular weight is 346 g/mol. The molecule has 0 aromatic carbocycles. The van der Waals surface area contributed by atoms with Gasteiger partial charge in [-0.15, -0.1) is 11.3 Å². The van der Waals surface area contributed by atoms with Crippen molar-refractivity contribution in [2.45, 2.75) is 16.9 Å². The molecule has 0 aliphatic heterocycles. The molecule has 0 unspecified atom stereocenters. The zero-order valence-electron chi connectivity index (χ0n) is 9.56. The van der Waals surface area contributed by atoms with E-state index in [1.165, 1.54) is 12.1 Å². The highest BCUT2D eigenvalue weighted by Crippen LogP contribution is 2.27. The smallest absolute Gasteiger partial charge is 0.261 e. The summed E-state index contributed by atoms with van der Waals surface area (Å²) in [6.45, 7) is -1.29. The predicted octanol–water partition coefficient (Wildman–Crippen LogP) is 2.96. The molecule has 0 atom stereocenters. The molecule has 0 radical (unpaired) electrons. The molecule has 0 fully saturated rings. The molecule has 0 bridgehead atoms. The van der Waals surface area contributed by atoms with Crippen LogP contribution in [0.2, 0.25) is 4.34 Å². The normalized spacial score (nSPS) is 12.6. The van der Waals surface area contributed by atoms with Crippen LogP contribution < -0.4 is 4.72 Å². The van der Waals surface area contributed by atoms with Crippen LogP contribution in [0, 0.1) is 0 Å². The first kappa shape index (κ1) is 15.1. The fourth-order valence-electron chi connectivity index (χ4n) is 1.32. The number of sulfonamides is 1. The van der Waals surface area contributed by atoms with E-state index in [4.69, 9.17) is 11.6 Å². The van der Waals surface area contributed by atoms with Crippen molar-refractivity contribution >= 4 is 38.8 Å². The summed E-state index contributed by atoms with van der Waals surface area (Å²) >= 11 is 6.46. The second kappa shape index (κ2) is 5.26. The fraction of sp³-hybridized carbons (Fsp3) is 0.222. The topological polar surface area (TPSA) is 64.0 Å². The third kappa shape index (κ3) is 3.87. The molecule has 1 N–H and O–H groups in total. The van der Waals surface area contributed by atoms with E-state index in [0.717, 1.165) is 23.6 Å². The maximum Gasteiger partial charge on any atom is 0.408 e. The average Bonchev–Trinajstić information content (AvgIpc) is 2.85. The lowest BCUT2D eigenvalue weighted by atomic mass is 10.6. The number of hydrogen-bond donors (Lipinski definition) is 1. The van der Waals surface area contributed by atoms with E-state index in [1.54, 1.807) is 0 Å². The molecule has 0 spiro atoms. The maximum absolute atomic E-state index is 12.1. The highest BCUT2D eigenvalue weighted by molar-refractivity contribution is 7.94. The van der Waals surface area contributed by atoms with E-state index in [0.29, 0.717) is 4.68 Å². The van der Waals surface area contributed by atoms with Gasteiger partial charge in [0.15, 0.2) is 5.82 Å². The van der Waals surface area contributed by atoms with Gasteiger partial charge < -0.3 is 0 Å². The van der Waals surface area contributed by atoms with Gasteiger partial charge in [-0.05, 0) is 12.1 Å². The molecule has 0 aliphatic rings. The van der Waals surface area contributed by atoms with Gasteiger partial charge in [-0.3, -0.25) is 9.40 Å². The molecule has 2 aromatic rings. The monoisotopic (exact) mass is 345 g/mol. The van der Waals surface area contributed by atoms with Gasteiger partial charge in [0.2, 0.25) is 0 Å². The Balaban J connectivity index is 2.14. The number of alkyl halides is 3. The summed E-state index contributed by atoms with van der Waals surface area (Å²) in [4.78, 5) is 0. The van der Waals surface area contributed by atoms with Gasteiger partial charge in [0.1, 0.15) is 10.8 Å². The number of nitrogens with one attached hydrogen (secondary N) is 1. The Kier molecular flexibility index (Phi) is 3.98. The van der Waals surface area contributed by atoms with Crippen LogP contribution in [0.15, 0.2) is 28.6 Å². The lowest BCUT2D eigenvalue weighted by Crippen LogP contribution is -2.18. The standard InChI is InChI=1S/C9H7ClF3N3O2S2/c10-6-1-2-8(19-6)20(17,18)15-7-3-4-16(14-7)5-9(11,12)13/h1-4H,5H2,(H,14,15). The predicted molar refractivity (Wildman–Crippen MR) is 68.4 cm³/mol. The number of aromatic nitrogens is 2. The van der Waals surface area contributed by atoms with Crippen LogP contribution in [0.3, 0.4) is 0 Å². The van der Waals surface area contributed by atoms with Crippen LogP contribution in [0.4, 0.5) is 19.0 Å². The Morgan fingerprint density at radius 1 is 1.35 bits per heavy atom. The van der Waals surface area contributed by atoms with Gasteiger partial charge in [0, 0.05) is 12.3 Å². The minimum atomic E-state index is -4.43. The van der Waals surface area contributed by atoms with Crippen molar-refractivity contribution < 1.29 is 21.6 Å². The Labute approximate surface area is 121 Å². The van der Waals surface area contributed by atoms with Gasteiger partial charge in [-0.25, -0.2) is 8.42 Å². The third-order valence-corrected chi connectivity index (χ3v) is 5.11. The van der Waals surface area contributed by atoms with Crippen LogP contribution in [-0.2, 0) is 16.6 Å². The van der Waals surface area contributed by atoms with Crippen LogP contribution in [-0.4, -0.2) is 24.4 Å². The zero-order chi connectivity index (χ0) is 15.0. The summed E-state index contributed by atoms with van der Waals surface area (Å²) in [7, 11) is -3.90. The summed E-state index contributed by atoms with van der Waals surface area (Å²) in [5, 5.41) is 3.49. The van der Waals surface area contributed by atoms with Crippen LogP contribution in [0.25, 0.3) is 0 Å². The van der Waals surface area contributed by atoms with Crippen molar-refractivity contribution in [3.8, 4) is 0 Å². The van der Waals surface area contributed by atoms with Gasteiger partial charge in [-0.2, -0.15) is 18.3 Å². The molecule has 0 aliphatic carbocycles. The molecule has 5 nitrogen and oxygen atoms in total. The molecular formula is C9H7ClF3N3O2S2. The Morgan fingerprint density at radius 2 is 2.05 bits per heavy atom. The molecule has 0 amide bonds. The van der Waals surface area contributed by atoms with Crippen LogP contribution in [0.5, 0.6) is 0 Å². The van der Waals surface area contributed by atoms with Crippen LogP contribution >= 0.6 is 22.9 Å². The first-order chi connectivity index (χ1) is 9.16. The number of anilines is 1. The number of thiophene rings is 1. The highest BCUT2D eigenvalue weighted by atomic mass is 35.5. The number of nitrogens with zero attached hydrogens (tertiary/aromatic N) is 2. The molecule has 20 heavy (non-hydrogen) atoms. The van der Waals surface area contributed by atoms with Crippen molar-refractivity contribution in [1.29, 1.82) is 0 Å². The lowest BCUT2D eigenvalue weighted by molar-refractivity contribution is -0.142. The molecular weight excluding hydrogens is 339 g/mol. The van der Waals surface area contributed by atoms with E-state index in [2.05, 4.69) is 9.82 Å². The quantitative estimate of drug-likeness (QED) is 0.926. The summed E-state index contributed by atoms with van der Waals surface area (Å²) in [6.07, 6.45) is -3.39. The van der Waals surface area contributed by atoms with Crippen molar-refractivity contribution in [3.05, 3.63) is 28.7 Å². The number of halogens is 4. The third-order valence-electron chi connectivity index (χ3n) is 2.03. The molecule has 0 saturated heterocycles. The van der Waals surface area contributed by atoms with Gasteiger partial charge >= 0.3 is 6.18 Å². The molecule has 2 rings (SSSR count). The number of rotatable bonds is 4. The van der Waals surface area contributed by atoms with Gasteiger partial charge in [0.05, 0.1) is 4.34 Å². The van der Waals surface area contributed by atoms with E-state index in [1.807, 2.05) is 0 Å². The fourth-order valence-corrected chi connectivity index (χ4v) is 3.80. The molecule has 2 aromatic heterocycles. The van der Waals surface area contributed by atoms with Crippen LogP contribution in [0.1, 0.15) is 0 Å². The SMILES string of the molecule is O=S(=O)(Nc1ccn(CC(F)(F)F)n1)c1ccc(Cl)s1. The minimum Gasteiger partial charge on any atom is -0.261 e. The van der Waals surface area contributed by atoms with Gasteiger partial charge in [0.25, 0.3) is 10.0 Å². The highest BCUT2D eigenvalue weighted by Gasteiger charge is 2.28. The lowest BCUT2D eigenvalue weighted by Gasteiger charge is -2.06. The molecule has 2 heterocycles. The van der Waals surface area contributed by atoms with Crippen molar-refractivity contribution in [2.24, 2.45) is 0 Å². The Hall–Kier alpha value is -1.26. The summed E-state index contributed by atoms with van der Waals surface area (Å²) < 4.78 is 63.1.